The van der Waals surface area contributed by atoms with Gasteiger partial charge in [0, 0.05) is 37.5 Å². The summed E-state index contributed by atoms with van der Waals surface area (Å²) in [5.74, 6) is 0.0474. The van der Waals surface area contributed by atoms with Crippen LogP contribution in [0.15, 0.2) is 60.7 Å². The Morgan fingerprint density at radius 2 is 1.82 bits per heavy atom. The van der Waals surface area contributed by atoms with Crippen molar-refractivity contribution in [2.24, 2.45) is 0 Å². The van der Waals surface area contributed by atoms with Crippen molar-refractivity contribution in [1.82, 2.24) is 15.2 Å². The van der Waals surface area contributed by atoms with Crippen molar-refractivity contribution < 1.29 is 24.2 Å². The Bertz CT molecular complexity index is 1190. The number of likely N-dealkylation sites (N-methyl/N-ethyl adjacent to an activating group) is 1. The number of ether oxygens (including phenoxy) is 2. The molecule has 0 radical (unpaired) electrons. The maximum Gasteiger partial charge on any atom is 0.347 e. The van der Waals surface area contributed by atoms with Crippen molar-refractivity contribution in [3.8, 4) is 11.5 Å². The van der Waals surface area contributed by atoms with Gasteiger partial charge >= 0.3 is 12.0 Å². The SMILES string of the molecule is CN1C(=O)NC[C@]1(CCOc1ccc(OC(C)(C)C(=O)O)cc1)Cc1ccc2ccccc2n1. The number of aliphatic carboxylic acids is 1. The van der Waals surface area contributed by atoms with Gasteiger partial charge in [-0.25, -0.2) is 9.59 Å². The van der Waals surface area contributed by atoms with E-state index < -0.39 is 17.1 Å². The molecule has 0 bridgehead atoms. The molecule has 8 nitrogen and oxygen atoms in total. The van der Waals surface area contributed by atoms with Gasteiger partial charge in [-0.05, 0) is 50.2 Å². The molecule has 8 heteroatoms. The molecular weight excluding hydrogens is 434 g/mol. The van der Waals surface area contributed by atoms with E-state index in [1.807, 2.05) is 30.3 Å². The van der Waals surface area contributed by atoms with E-state index >= 15 is 0 Å². The second-order valence-electron chi connectivity index (χ2n) is 9.10. The van der Waals surface area contributed by atoms with E-state index in [9.17, 15) is 14.7 Å². The zero-order chi connectivity index (χ0) is 24.3. The summed E-state index contributed by atoms with van der Waals surface area (Å²) in [5.41, 5.74) is 0.0727. The summed E-state index contributed by atoms with van der Waals surface area (Å²) in [6.07, 6.45) is 1.22. The van der Waals surface area contributed by atoms with Gasteiger partial charge in [-0.2, -0.15) is 0 Å². The Kier molecular flexibility index (Phi) is 6.32. The van der Waals surface area contributed by atoms with Crippen molar-refractivity contribution in [3.05, 3.63) is 66.4 Å². The number of nitrogens with one attached hydrogen (secondary N) is 1. The van der Waals surface area contributed by atoms with Gasteiger partial charge in [0.1, 0.15) is 11.5 Å². The lowest BCUT2D eigenvalue weighted by molar-refractivity contribution is -0.152. The summed E-state index contributed by atoms with van der Waals surface area (Å²) in [6, 6.07) is 18.8. The third-order valence-electron chi connectivity index (χ3n) is 6.30. The molecule has 1 atom stereocenters. The zero-order valence-electron chi connectivity index (χ0n) is 19.6. The lowest BCUT2D eigenvalue weighted by atomic mass is 9.89. The molecule has 0 spiro atoms. The largest absolute Gasteiger partial charge is 0.494 e. The number of rotatable bonds is 9. The molecule has 1 fully saturated rings. The fourth-order valence-corrected chi connectivity index (χ4v) is 4.06. The van der Waals surface area contributed by atoms with Crippen LogP contribution in [0.5, 0.6) is 11.5 Å². The Hall–Kier alpha value is -3.81. The van der Waals surface area contributed by atoms with Crippen molar-refractivity contribution in [3.63, 3.8) is 0 Å². The van der Waals surface area contributed by atoms with Gasteiger partial charge in [-0.3, -0.25) is 4.98 Å². The lowest BCUT2D eigenvalue weighted by Gasteiger charge is -2.34. The Morgan fingerprint density at radius 3 is 2.50 bits per heavy atom. The highest BCUT2D eigenvalue weighted by molar-refractivity contribution is 5.79. The van der Waals surface area contributed by atoms with Crippen molar-refractivity contribution >= 4 is 22.9 Å². The third kappa shape index (κ3) is 4.90. The standard InChI is InChI=1S/C26H29N3O5/c1-25(2,23(30)31)34-21-12-10-20(11-13-21)33-15-14-26(17-27-24(32)29(26)3)16-19-9-8-18-6-4-5-7-22(18)28-19/h4-13H,14-17H2,1-3H3,(H,27,32)(H,30,31)/t26-/m0/s1. The highest BCUT2D eigenvalue weighted by Crippen LogP contribution is 2.29. The van der Waals surface area contributed by atoms with E-state index in [1.165, 1.54) is 13.8 Å². The maximum atomic E-state index is 12.3. The molecule has 34 heavy (non-hydrogen) atoms. The Labute approximate surface area is 198 Å². The molecule has 1 aliphatic heterocycles. The van der Waals surface area contributed by atoms with Gasteiger partial charge in [0.25, 0.3) is 0 Å². The fourth-order valence-electron chi connectivity index (χ4n) is 4.06. The number of carbonyl (C=O) groups excluding carboxylic acids is 1. The summed E-state index contributed by atoms with van der Waals surface area (Å²) in [5, 5.41) is 13.2. The number of nitrogens with zero attached hydrogens (tertiary/aromatic N) is 2. The van der Waals surface area contributed by atoms with Gasteiger partial charge in [-0.15, -0.1) is 0 Å². The second-order valence-corrected chi connectivity index (χ2v) is 9.10. The Balaban J connectivity index is 1.43. The second kappa shape index (κ2) is 9.21. The molecule has 2 heterocycles. The van der Waals surface area contributed by atoms with Crippen molar-refractivity contribution in [2.75, 3.05) is 20.2 Å². The van der Waals surface area contributed by atoms with E-state index in [2.05, 4.69) is 11.4 Å². The minimum absolute atomic E-state index is 0.108. The first-order valence-electron chi connectivity index (χ1n) is 11.2. The van der Waals surface area contributed by atoms with Crippen LogP contribution in [-0.4, -0.2) is 58.3 Å². The lowest BCUT2D eigenvalue weighted by Crippen LogP contribution is -2.48. The first kappa shape index (κ1) is 23.4. The van der Waals surface area contributed by atoms with Crippen LogP contribution in [-0.2, 0) is 11.2 Å². The van der Waals surface area contributed by atoms with Gasteiger partial charge in [0.15, 0.2) is 5.60 Å². The highest BCUT2D eigenvalue weighted by Gasteiger charge is 2.43. The molecular formula is C26H29N3O5. The minimum Gasteiger partial charge on any atom is -0.494 e. The summed E-state index contributed by atoms with van der Waals surface area (Å²) >= 11 is 0. The van der Waals surface area contributed by atoms with Crippen LogP contribution in [0, 0.1) is 0 Å². The number of pyridine rings is 1. The average Bonchev–Trinajstić information content (AvgIpc) is 3.08. The monoisotopic (exact) mass is 463 g/mol. The fraction of sp³-hybridized carbons (Fsp3) is 0.346. The van der Waals surface area contributed by atoms with Gasteiger partial charge in [-0.1, -0.05) is 24.3 Å². The number of amides is 2. The van der Waals surface area contributed by atoms with E-state index in [4.69, 9.17) is 14.5 Å². The van der Waals surface area contributed by atoms with Crippen LogP contribution in [0.2, 0.25) is 0 Å². The predicted molar refractivity (Wildman–Crippen MR) is 128 cm³/mol. The van der Waals surface area contributed by atoms with Crippen LogP contribution < -0.4 is 14.8 Å². The van der Waals surface area contributed by atoms with Gasteiger partial charge in [0.05, 0.1) is 17.7 Å². The third-order valence-corrected chi connectivity index (χ3v) is 6.30. The summed E-state index contributed by atoms with van der Waals surface area (Å²) in [6.45, 7) is 3.90. The summed E-state index contributed by atoms with van der Waals surface area (Å²) in [7, 11) is 1.81. The maximum absolute atomic E-state index is 12.3. The number of carboxylic acid groups (broad SMARTS) is 1. The van der Waals surface area contributed by atoms with E-state index in [-0.39, 0.29) is 6.03 Å². The molecule has 0 saturated carbocycles. The number of urea groups is 1. The van der Waals surface area contributed by atoms with E-state index in [1.54, 1.807) is 36.2 Å². The number of hydrogen-bond donors (Lipinski definition) is 2. The average molecular weight is 464 g/mol. The summed E-state index contributed by atoms with van der Waals surface area (Å²) in [4.78, 5) is 30.1. The molecule has 0 unspecified atom stereocenters. The predicted octanol–water partition coefficient (Wildman–Crippen LogP) is 3.88. The highest BCUT2D eigenvalue weighted by atomic mass is 16.5. The van der Waals surface area contributed by atoms with Gasteiger partial charge < -0.3 is 24.8 Å². The molecule has 2 aromatic carbocycles. The van der Waals surface area contributed by atoms with Crippen molar-refractivity contribution in [1.29, 1.82) is 0 Å². The quantitative estimate of drug-likeness (QED) is 0.499. The minimum atomic E-state index is -1.32. The molecule has 3 aromatic rings. The smallest absolute Gasteiger partial charge is 0.347 e. The number of aromatic nitrogens is 1. The Morgan fingerprint density at radius 1 is 1.12 bits per heavy atom. The molecule has 0 aliphatic carbocycles. The summed E-state index contributed by atoms with van der Waals surface area (Å²) < 4.78 is 11.5. The van der Waals surface area contributed by atoms with Crippen LogP contribution in [0.25, 0.3) is 10.9 Å². The molecule has 2 amide bonds. The van der Waals surface area contributed by atoms with E-state index in [0.717, 1.165) is 16.6 Å². The van der Waals surface area contributed by atoms with Crippen LogP contribution in [0.3, 0.4) is 0 Å². The number of hydrogen-bond acceptors (Lipinski definition) is 5. The topological polar surface area (TPSA) is 101 Å². The number of carboxylic acids is 1. The zero-order valence-corrected chi connectivity index (χ0v) is 19.6. The van der Waals surface area contributed by atoms with E-state index in [0.29, 0.717) is 37.5 Å². The molecule has 1 saturated heterocycles. The molecule has 4 rings (SSSR count). The van der Waals surface area contributed by atoms with Crippen LogP contribution in [0.4, 0.5) is 4.79 Å². The van der Waals surface area contributed by atoms with Crippen LogP contribution >= 0.6 is 0 Å². The number of para-hydroxylation sites is 1. The molecule has 2 N–H and O–H groups in total. The molecule has 1 aliphatic rings. The normalized spacial score (nSPS) is 18.1. The number of benzene rings is 2. The molecule has 178 valence electrons. The van der Waals surface area contributed by atoms with Gasteiger partial charge in [0.2, 0.25) is 0 Å². The first-order chi connectivity index (χ1) is 16.2. The number of carbonyl (C=O) groups is 2. The number of fused-ring (bicyclic) bond motifs is 1. The van der Waals surface area contributed by atoms with Crippen molar-refractivity contribution in [2.45, 2.75) is 37.8 Å². The molecule has 1 aromatic heterocycles. The first-order valence-corrected chi connectivity index (χ1v) is 11.2. The van der Waals surface area contributed by atoms with Crippen LogP contribution in [0.1, 0.15) is 26.0 Å².